The number of carbonyl (C=O) groups is 2. The summed E-state index contributed by atoms with van der Waals surface area (Å²) in [5.41, 5.74) is 1.10. The Kier molecular flexibility index (Phi) is 4.41. The second kappa shape index (κ2) is 7.48. The number of methoxy groups -OCH3 is 1. The lowest BCUT2D eigenvalue weighted by Gasteiger charge is -2.25. The number of fused-ring (bicyclic) bond motifs is 4. The van der Waals surface area contributed by atoms with Crippen LogP contribution in [0.4, 0.5) is 0 Å². The van der Waals surface area contributed by atoms with E-state index in [4.69, 9.17) is 23.0 Å². The number of carbonyl (C=O) groups excluding carboxylic acids is 2. The van der Waals surface area contributed by atoms with Gasteiger partial charge < -0.3 is 23.0 Å². The Morgan fingerprint density at radius 2 is 1.91 bits per heavy atom. The van der Waals surface area contributed by atoms with E-state index < -0.39 is 11.9 Å². The fourth-order valence-corrected chi connectivity index (χ4v) is 4.37. The van der Waals surface area contributed by atoms with Crippen molar-refractivity contribution < 1.29 is 32.6 Å². The molecule has 4 aromatic rings. The average Bonchev–Trinajstić information content (AvgIpc) is 3.47. The van der Waals surface area contributed by atoms with Gasteiger partial charge in [0.2, 0.25) is 5.78 Å². The van der Waals surface area contributed by atoms with Crippen LogP contribution in [-0.2, 0) is 4.79 Å². The zero-order valence-electron chi connectivity index (χ0n) is 17.8. The predicted octanol–water partition coefficient (Wildman–Crippen LogP) is 4.45. The van der Waals surface area contributed by atoms with E-state index in [0.717, 1.165) is 0 Å². The zero-order valence-corrected chi connectivity index (χ0v) is 17.8. The number of hydrogen-bond acceptors (Lipinski definition) is 8. The third-order valence-electron chi connectivity index (χ3n) is 5.98. The summed E-state index contributed by atoms with van der Waals surface area (Å²) in [7, 11) is 1.51. The van der Waals surface area contributed by atoms with Crippen molar-refractivity contribution >= 4 is 28.8 Å². The highest BCUT2D eigenvalue weighted by atomic mass is 16.5. The van der Waals surface area contributed by atoms with Crippen molar-refractivity contribution in [2.24, 2.45) is 0 Å². The first-order valence-corrected chi connectivity index (χ1v) is 10.5. The average molecular weight is 456 g/mol. The Morgan fingerprint density at radius 1 is 1.03 bits per heavy atom. The number of ether oxygens (including phenoxy) is 3. The summed E-state index contributed by atoms with van der Waals surface area (Å²) in [5.74, 6) is -0.0447. The van der Waals surface area contributed by atoms with Crippen LogP contribution in [0.25, 0.3) is 17.0 Å². The first kappa shape index (κ1) is 20.0. The van der Waals surface area contributed by atoms with Gasteiger partial charge in [0, 0.05) is 23.1 Å². The number of rotatable bonds is 3. The van der Waals surface area contributed by atoms with Crippen molar-refractivity contribution in [3.8, 4) is 17.2 Å². The number of Topliss-reactive ketones (excluding diaryl/α,β-unsaturated/α-hetero) is 1. The summed E-state index contributed by atoms with van der Waals surface area (Å²) in [5, 5.41) is 0.320. The molecule has 4 heterocycles. The smallest absolute Gasteiger partial charge is 0.312 e. The van der Waals surface area contributed by atoms with E-state index in [1.54, 1.807) is 42.5 Å². The molecule has 0 saturated heterocycles. The van der Waals surface area contributed by atoms with Crippen molar-refractivity contribution in [1.82, 2.24) is 0 Å². The molecule has 2 aliphatic heterocycles. The van der Waals surface area contributed by atoms with Crippen LogP contribution in [0.2, 0.25) is 0 Å². The van der Waals surface area contributed by atoms with Crippen LogP contribution in [-0.4, -0.2) is 18.9 Å². The van der Waals surface area contributed by atoms with Crippen LogP contribution in [0.1, 0.15) is 39.6 Å². The van der Waals surface area contributed by atoms with Gasteiger partial charge in [0.25, 0.3) is 0 Å². The zero-order chi connectivity index (χ0) is 23.4. The second-order valence-electron chi connectivity index (χ2n) is 7.92. The molecule has 1 unspecified atom stereocenters. The SMILES string of the molecule is COc1ccc2occ(C3CC(=O)Oc4ccc5c(c43)OC(=Cc3ccco3)C5=O)c(=O)c2c1. The van der Waals surface area contributed by atoms with Gasteiger partial charge in [-0.25, -0.2) is 0 Å². The van der Waals surface area contributed by atoms with Gasteiger partial charge >= 0.3 is 5.97 Å². The number of furan rings is 1. The Labute approximate surface area is 192 Å². The minimum Gasteiger partial charge on any atom is -0.497 e. The third kappa shape index (κ3) is 3.03. The summed E-state index contributed by atoms with van der Waals surface area (Å²) >= 11 is 0. The molecule has 0 radical (unpaired) electrons. The lowest BCUT2D eigenvalue weighted by Crippen LogP contribution is -2.25. The van der Waals surface area contributed by atoms with Gasteiger partial charge in [-0.1, -0.05) is 0 Å². The van der Waals surface area contributed by atoms with Crippen molar-refractivity contribution in [1.29, 1.82) is 0 Å². The van der Waals surface area contributed by atoms with E-state index in [1.807, 2.05) is 0 Å². The summed E-state index contributed by atoms with van der Waals surface area (Å²) in [6, 6.07) is 11.4. The minimum atomic E-state index is -0.728. The molecule has 168 valence electrons. The molecule has 1 atom stereocenters. The molecule has 0 aliphatic carbocycles. The highest BCUT2D eigenvalue weighted by molar-refractivity contribution is 6.15. The van der Waals surface area contributed by atoms with Gasteiger partial charge in [0.05, 0.1) is 37.0 Å². The molecule has 0 N–H and O–H groups in total. The normalized spacial score (nSPS) is 17.9. The molecule has 0 bridgehead atoms. The van der Waals surface area contributed by atoms with Gasteiger partial charge in [-0.15, -0.1) is 0 Å². The van der Waals surface area contributed by atoms with Gasteiger partial charge in [0.1, 0.15) is 28.6 Å². The molecule has 34 heavy (non-hydrogen) atoms. The Bertz CT molecular complexity index is 1570. The van der Waals surface area contributed by atoms with Crippen LogP contribution in [0.3, 0.4) is 0 Å². The van der Waals surface area contributed by atoms with Gasteiger partial charge in [-0.2, -0.15) is 0 Å². The van der Waals surface area contributed by atoms with E-state index in [1.165, 1.54) is 25.7 Å². The largest absolute Gasteiger partial charge is 0.497 e. The monoisotopic (exact) mass is 456 g/mol. The van der Waals surface area contributed by atoms with Gasteiger partial charge in [-0.05, 0) is 42.5 Å². The molecular weight excluding hydrogens is 440 g/mol. The number of ketones is 1. The topological polar surface area (TPSA) is 105 Å². The van der Waals surface area contributed by atoms with E-state index in [9.17, 15) is 14.4 Å². The lowest BCUT2D eigenvalue weighted by atomic mass is 9.85. The van der Waals surface area contributed by atoms with E-state index in [-0.39, 0.29) is 40.5 Å². The molecule has 8 heteroatoms. The van der Waals surface area contributed by atoms with E-state index in [2.05, 4.69) is 0 Å². The molecule has 2 aromatic carbocycles. The highest BCUT2D eigenvalue weighted by Crippen LogP contribution is 2.48. The number of esters is 1. The summed E-state index contributed by atoms with van der Waals surface area (Å²) in [6.45, 7) is 0. The first-order chi connectivity index (χ1) is 16.5. The van der Waals surface area contributed by atoms with Crippen LogP contribution in [0.5, 0.6) is 17.2 Å². The molecule has 0 amide bonds. The molecule has 2 aromatic heterocycles. The van der Waals surface area contributed by atoms with Crippen LogP contribution >= 0.6 is 0 Å². The number of hydrogen-bond donors (Lipinski definition) is 0. The summed E-state index contributed by atoms with van der Waals surface area (Å²) in [6.07, 6.45) is 4.22. The minimum absolute atomic E-state index is 0.0734. The molecule has 0 fully saturated rings. The van der Waals surface area contributed by atoms with E-state index >= 15 is 0 Å². The standard InChI is InChI=1S/C26H16O8/c1-30-13-4-6-19-17(9-13)24(28)18(12-32-19)16-11-22(27)33-20-7-5-15-25(29)21(34-26(15)23(16)20)10-14-3-2-8-31-14/h2-10,12,16H,11H2,1H3. The maximum Gasteiger partial charge on any atom is 0.312 e. The predicted molar refractivity (Wildman–Crippen MR) is 119 cm³/mol. The third-order valence-corrected chi connectivity index (χ3v) is 5.98. The molecule has 0 saturated carbocycles. The Morgan fingerprint density at radius 3 is 2.71 bits per heavy atom. The summed E-state index contributed by atoms with van der Waals surface area (Å²) in [4.78, 5) is 38.9. The molecule has 6 rings (SSSR count). The van der Waals surface area contributed by atoms with Crippen molar-refractivity contribution in [3.05, 3.63) is 93.4 Å². The fourth-order valence-electron chi connectivity index (χ4n) is 4.37. The molecular formula is C26H16O8. The first-order valence-electron chi connectivity index (χ1n) is 10.5. The Balaban J connectivity index is 1.52. The molecule has 2 aliphatic rings. The number of allylic oxidation sites excluding steroid dienone is 1. The Hall–Kier alpha value is -4.59. The van der Waals surface area contributed by atoms with Crippen LogP contribution in [0.15, 0.2) is 74.4 Å². The van der Waals surface area contributed by atoms with Gasteiger partial charge in [0.15, 0.2) is 11.2 Å². The van der Waals surface area contributed by atoms with Crippen LogP contribution < -0.4 is 19.6 Å². The van der Waals surface area contributed by atoms with Crippen molar-refractivity contribution in [2.75, 3.05) is 7.11 Å². The maximum atomic E-state index is 13.5. The second-order valence-corrected chi connectivity index (χ2v) is 7.92. The van der Waals surface area contributed by atoms with Gasteiger partial charge in [-0.3, -0.25) is 14.4 Å². The van der Waals surface area contributed by atoms with Crippen molar-refractivity contribution in [2.45, 2.75) is 12.3 Å². The maximum absolute atomic E-state index is 13.5. The van der Waals surface area contributed by atoms with Crippen LogP contribution in [0, 0.1) is 0 Å². The summed E-state index contributed by atoms with van der Waals surface area (Å²) < 4.78 is 27.6. The number of benzene rings is 2. The quantitative estimate of drug-likeness (QED) is 0.253. The molecule has 0 spiro atoms. The lowest BCUT2D eigenvalue weighted by molar-refractivity contribution is -0.135. The molecule has 8 nitrogen and oxygen atoms in total. The van der Waals surface area contributed by atoms with Crippen molar-refractivity contribution in [3.63, 3.8) is 0 Å². The van der Waals surface area contributed by atoms with E-state index in [0.29, 0.717) is 33.6 Å². The fraction of sp³-hybridized carbons (Fsp3) is 0.115. The highest BCUT2D eigenvalue weighted by Gasteiger charge is 2.39.